The molecule has 0 saturated carbocycles. The topological polar surface area (TPSA) is 121 Å². The maximum absolute atomic E-state index is 13.2. The molecule has 3 aromatic rings. The number of benzene rings is 2. The van der Waals surface area contributed by atoms with E-state index in [2.05, 4.69) is 0 Å². The van der Waals surface area contributed by atoms with Gasteiger partial charge in [-0.3, -0.25) is 0 Å². The summed E-state index contributed by atoms with van der Waals surface area (Å²) >= 11 is 1.52. The molecule has 0 amide bonds. The minimum Gasteiger partial charge on any atom is -0.394 e. The summed E-state index contributed by atoms with van der Waals surface area (Å²) in [5.41, 5.74) is 2.94. The second-order valence-electron chi connectivity index (χ2n) is 7.82. The highest BCUT2D eigenvalue weighted by atomic mass is 32.1. The summed E-state index contributed by atoms with van der Waals surface area (Å²) in [4.78, 5) is 1.94. The van der Waals surface area contributed by atoms with Gasteiger partial charge in [-0.2, -0.15) is 0 Å². The molecule has 0 aliphatic rings. The van der Waals surface area contributed by atoms with Gasteiger partial charge in [-0.1, -0.05) is 35.9 Å². The molecule has 0 saturated heterocycles. The van der Waals surface area contributed by atoms with Gasteiger partial charge in [0.25, 0.3) is 0 Å². The summed E-state index contributed by atoms with van der Waals surface area (Å²) in [6.07, 6.45) is -8.21. The van der Waals surface area contributed by atoms with Crippen molar-refractivity contribution in [2.75, 3.05) is 6.61 Å². The van der Waals surface area contributed by atoms with Crippen LogP contribution in [0, 0.1) is 12.7 Å². The molecule has 8 heteroatoms. The highest BCUT2D eigenvalue weighted by Crippen LogP contribution is 2.32. The Morgan fingerprint density at radius 1 is 0.844 bits per heavy atom. The van der Waals surface area contributed by atoms with E-state index >= 15 is 0 Å². The van der Waals surface area contributed by atoms with E-state index in [0.717, 1.165) is 26.4 Å². The third-order valence-electron chi connectivity index (χ3n) is 5.38. The summed E-state index contributed by atoms with van der Waals surface area (Å²) < 4.78 is 13.2. The molecule has 1 aromatic heterocycles. The van der Waals surface area contributed by atoms with Gasteiger partial charge in [0.05, 0.1) is 6.61 Å². The van der Waals surface area contributed by atoms with Gasteiger partial charge in [-0.05, 0) is 47.9 Å². The lowest BCUT2D eigenvalue weighted by Crippen LogP contribution is -2.47. The molecule has 5 atom stereocenters. The molecule has 1 unspecified atom stereocenters. The lowest BCUT2D eigenvalue weighted by Gasteiger charge is -2.29. The molecular weight excluding hydrogens is 435 g/mol. The van der Waals surface area contributed by atoms with Gasteiger partial charge in [-0.25, -0.2) is 4.39 Å². The molecule has 0 radical (unpaired) electrons. The summed E-state index contributed by atoms with van der Waals surface area (Å²) in [5, 5.41) is 59.6. The van der Waals surface area contributed by atoms with E-state index in [9.17, 15) is 29.9 Å². The largest absolute Gasteiger partial charge is 0.394 e. The van der Waals surface area contributed by atoms with Crippen LogP contribution < -0.4 is 0 Å². The van der Waals surface area contributed by atoms with Crippen molar-refractivity contribution in [1.29, 1.82) is 0 Å². The third-order valence-corrected chi connectivity index (χ3v) is 6.51. The van der Waals surface area contributed by atoms with Crippen LogP contribution in [0.4, 0.5) is 4.39 Å². The molecule has 0 aliphatic carbocycles. The van der Waals surface area contributed by atoms with E-state index in [1.807, 2.05) is 25.1 Å². The van der Waals surface area contributed by atoms with Crippen LogP contribution in [0.25, 0.3) is 10.4 Å². The van der Waals surface area contributed by atoms with Crippen LogP contribution in [-0.2, 0) is 6.42 Å². The Balaban J connectivity index is 1.83. The Bertz CT molecular complexity index is 1020. The first-order valence-electron chi connectivity index (χ1n) is 10.2. The first-order chi connectivity index (χ1) is 15.2. The van der Waals surface area contributed by atoms with Crippen LogP contribution in [-0.4, -0.2) is 61.7 Å². The van der Waals surface area contributed by atoms with Crippen molar-refractivity contribution in [3.63, 3.8) is 0 Å². The average molecular weight is 463 g/mol. The number of hydrogen-bond donors (Lipinski definition) is 6. The van der Waals surface area contributed by atoms with Crippen LogP contribution >= 0.6 is 11.3 Å². The number of aliphatic hydroxyl groups is 6. The lowest BCUT2D eigenvalue weighted by atomic mass is 9.90. The number of thiophene rings is 1. The van der Waals surface area contributed by atoms with E-state index in [0.29, 0.717) is 12.0 Å². The maximum atomic E-state index is 13.2. The lowest BCUT2D eigenvalue weighted by molar-refractivity contribution is -0.141. The summed E-state index contributed by atoms with van der Waals surface area (Å²) in [6.45, 7) is 1.09. The standard InChI is InChI=1S/C24H27FO6S/c1-13-2-8-18(21(28)23(30)24(31)22(29)19(27)12-26)15(10-13)11-17-7-9-20(32-17)14-3-5-16(25)6-4-14/h2-10,19,21-24,26-31H,11-12H2,1H3/t19-,21?,22-,23+,24+/m1/s1. The molecule has 172 valence electrons. The molecule has 6 nitrogen and oxygen atoms in total. The van der Waals surface area contributed by atoms with E-state index in [1.54, 1.807) is 24.3 Å². The molecule has 1 heterocycles. The van der Waals surface area contributed by atoms with E-state index in [4.69, 9.17) is 5.11 Å². The SMILES string of the molecule is Cc1ccc(C(O)[C@H](O)[C@@H](O)[C@H](O)[C@H](O)CO)c(Cc2ccc(-c3ccc(F)cc3)s2)c1. The summed E-state index contributed by atoms with van der Waals surface area (Å²) in [6, 6.07) is 15.4. The maximum Gasteiger partial charge on any atom is 0.123 e. The second-order valence-corrected chi connectivity index (χ2v) is 8.99. The fourth-order valence-electron chi connectivity index (χ4n) is 3.51. The Hall–Kier alpha value is -2.17. The number of hydrogen-bond acceptors (Lipinski definition) is 7. The van der Waals surface area contributed by atoms with E-state index in [1.165, 1.54) is 23.5 Å². The summed E-state index contributed by atoms with van der Waals surface area (Å²) in [5.74, 6) is -0.304. The molecule has 0 bridgehead atoms. The minimum absolute atomic E-state index is 0.304. The molecule has 32 heavy (non-hydrogen) atoms. The van der Waals surface area contributed by atoms with Crippen LogP contribution in [0.5, 0.6) is 0 Å². The van der Waals surface area contributed by atoms with Gasteiger partial charge < -0.3 is 30.6 Å². The Morgan fingerprint density at radius 3 is 2.19 bits per heavy atom. The molecule has 0 spiro atoms. The zero-order valence-corrected chi connectivity index (χ0v) is 18.3. The number of halogens is 1. The highest BCUT2D eigenvalue weighted by molar-refractivity contribution is 7.15. The number of rotatable bonds is 9. The van der Waals surface area contributed by atoms with Gasteiger partial charge in [-0.15, -0.1) is 11.3 Å². The number of aryl methyl sites for hydroxylation is 1. The van der Waals surface area contributed by atoms with Crippen LogP contribution in [0.3, 0.4) is 0 Å². The normalized spacial score (nSPS) is 16.4. The Morgan fingerprint density at radius 2 is 1.53 bits per heavy atom. The molecule has 0 aliphatic heterocycles. The summed E-state index contributed by atoms with van der Waals surface area (Å²) in [7, 11) is 0. The van der Waals surface area contributed by atoms with Crippen molar-refractivity contribution in [1.82, 2.24) is 0 Å². The monoisotopic (exact) mass is 462 g/mol. The molecular formula is C24H27FO6S. The van der Waals surface area contributed by atoms with Crippen molar-refractivity contribution < 1.29 is 35.0 Å². The smallest absolute Gasteiger partial charge is 0.123 e. The first-order valence-corrected chi connectivity index (χ1v) is 11.0. The molecule has 6 N–H and O–H groups in total. The average Bonchev–Trinajstić information content (AvgIpc) is 3.25. The molecule has 2 aromatic carbocycles. The first kappa shape index (κ1) is 24.5. The van der Waals surface area contributed by atoms with E-state index in [-0.39, 0.29) is 5.82 Å². The van der Waals surface area contributed by atoms with Gasteiger partial charge in [0.2, 0.25) is 0 Å². The predicted octanol–water partition coefficient (Wildman–Crippen LogP) is 1.92. The van der Waals surface area contributed by atoms with Gasteiger partial charge in [0.15, 0.2) is 0 Å². The second kappa shape index (κ2) is 10.6. The predicted molar refractivity (Wildman–Crippen MR) is 120 cm³/mol. The molecule has 3 rings (SSSR count). The fraction of sp³-hybridized carbons (Fsp3) is 0.333. The third kappa shape index (κ3) is 5.60. The van der Waals surface area contributed by atoms with E-state index < -0.39 is 37.1 Å². The highest BCUT2D eigenvalue weighted by Gasteiger charge is 2.35. The zero-order chi connectivity index (χ0) is 23.4. The fourth-order valence-corrected chi connectivity index (χ4v) is 4.55. The van der Waals surface area contributed by atoms with Crippen molar-refractivity contribution in [3.05, 3.63) is 82.0 Å². The van der Waals surface area contributed by atoms with Crippen LogP contribution in [0.15, 0.2) is 54.6 Å². The van der Waals surface area contributed by atoms with Gasteiger partial charge >= 0.3 is 0 Å². The zero-order valence-electron chi connectivity index (χ0n) is 17.5. The number of aliphatic hydroxyl groups excluding tert-OH is 6. The van der Waals surface area contributed by atoms with Crippen LogP contribution in [0.2, 0.25) is 0 Å². The Labute approximate surface area is 189 Å². The van der Waals surface area contributed by atoms with Crippen LogP contribution in [0.1, 0.15) is 27.7 Å². The Kier molecular flexibility index (Phi) is 8.13. The van der Waals surface area contributed by atoms with Crippen molar-refractivity contribution in [3.8, 4) is 10.4 Å². The van der Waals surface area contributed by atoms with Crippen molar-refractivity contribution >= 4 is 11.3 Å². The van der Waals surface area contributed by atoms with Gasteiger partial charge in [0, 0.05) is 16.2 Å². The van der Waals surface area contributed by atoms with Crippen molar-refractivity contribution in [2.45, 2.75) is 43.9 Å². The van der Waals surface area contributed by atoms with Crippen molar-refractivity contribution in [2.24, 2.45) is 0 Å². The van der Waals surface area contributed by atoms with Gasteiger partial charge in [0.1, 0.15) is 36.3 Å². The quantitative estimate of drug-likeness (QED) is 0.289. The molecule has 0 fully saturated rings. The minimum atomic E-state index is -1.87.